The summed E-state index contributed by atoms with van der Waals surface area (Å²) in [6.07, 6.45) is 0. The van der Waals surface area contributed by atoms with Crippen LogP contribution in [-0.2, 0) is 19.2 Å². The number of alkyl halides is 1. The molecule has 3 N–H and O–H groups in total. The van der Waals surface area contributed by atoms with Gasteiger partial charge < -0.3 is 20.3 Å². The number of carboxylic acids is 1. The second kappa shape index (κ2) is 8.64. The molecule has 3 heterocycles. The highest BCUT2D eigenvalue weighted by atomic mass is 35.5. The number of rotatable bonds is 7. The van der Waals surface area contributed by atoms with Gasteiger partial charge in [-0.05, 0) is 15.0 Å². The summed E-state index contributed by atoms with van der Waals surface area (Å²) >= 11 is 8.40. The first-order chi connectivity index (χ1) is 13.4. The average Bonchev–Trinajstić information content (AvgIpc) is 3.17. The Bertz CT molecular complexity index is 891. The third-order valence-corrected chi connectivity index (χ3v) is 6.88. The van der Waals surface area contributed by atoms with Crippen molar-refractivity contribution < 1.29 is 24.3 Å². The molecule has 0 aliphatic carbocycles. The molecule has 14 heteroatoms. The van der Waals surface area contributed by atoms with Crippen LogP contribution in [0.15, 0.2) is 21.8 Å². The Labute approximate surface area is 175 Å². The van der Waals surface area contributed by atoms with Crippen LogP contribution in [0.4, 0.5) is 5.13 Å². The number of carboxylic acid groups (broad SMARTS) is 1. The maximum atomic E-state index is 12.7. The molecule has 2 aliphatic heterocycles. The van der Waals surface area contributed by atoms with E-state index in [1.165, 1.54) is 30.2 Å². The topological polar surface area (TPSA) is 133 Å². The van der Waals surface area contributed by atoms with Crippen molar-refractivity contribution in [2.75, 3.05) is 23.8 Å². The number of aromatic nitrogens is 1. The highest BCUT2D eigenvalue weighted by Crippen LogP contribution is 2.40. The predicted molar refractivity (Wildman–Crippen MR) is 109 cm³/mol. The Morgan fingerprint density at radius 3 is 2.89 bits per heavy atom. The maximum absolute atomic E-state index is 12.7. The first-order valence-corrected chi connectivity index (χ1v) is 10.8. The third kappa shape index (κ3) is 3.69. The molecule has 1 aromatic heterocycles. The lowest BCUT2D eigenvalue weighted by atomic mass is 10.0. The summed E-state index contributed by atoms with van der Waals surface area (Å²) in [5.41, 5.74) is 0.545. The van der Waals surface area contributed by atoms with Gasteiger partial charge in [-0.15, -0.1) is 34.7 Å². The third-order valence-electron chi connectivity index (χ3n) is 3.97. The van der Waals surface area contributed by atoms with E-state index in [9.17, 15) is 19.5 Å². The Morgan fingerprint density at radius 1 is 1.57 bits per heavy atom. The standard InChI is InChI=1S/C14H15ClN5O5PS2/c1-25-18-7(6-4-28-14(16-6)19-26)10(21)17-8-11(22)20-9(13(23)24)5(2-15)3-27-12(8)20/h4,8,12H,2-3,26H2,1H3,(H,16,19)(H,17,21)(H,23,24)/b18-7-/t8-,12-/m1/s1. The summed E-state index contributed by atoms with van der Waals surface area (Å²) in [6.45, 7) is 0. The summed E-state index contributed by atoms with van der Waals surface area (Å²) in [7, 11) is 3.58. The second-order valence-electron chi connectivity index (χ2n) is 5.56. The molecule has 3 atom stereocenters. The molecule has 0 bridgehead atoms. The summed E-state index contributed by atoms with van der Waals surface area (Å²) in [4.78, 5) is 46.8. The van der Waals surface area contributed by atoms with Gasteiger partial charge in [0.2, 0.25) is 0 Å². The predicted octanol–water partition coefficient (Wildman–Crippen LogP) is 0.673. The zero-order valence-electron chi connectivity index (χ0n) is 14.3. The molecule has 28 heavy (non-hydrogen) atoms. The van der Waals surface area contributed by atoms with Crippen molar-refractivity contribution in [3.63, 3.8) is 0 Å². The molecule has 1 unspecified atom stereocenters. The lowest BCUT2D eigenvalue weighted by Gasteiger charge is -2.49. The number of carbonyl (C=O) groups is 3. The largest absolute Gasteiger partial charge is 0.477 e. The lowest BCUT2D eigenvalue weighted by molar-refractivity contribution is -0.150. The minimum atomic E-state index is -1.22. The number of amides is 2. The number of anilines is 1. The molecule has 1 saturated heterocycles. The normalized spacial score (nSPS) is 21.8. The number of hydrogen-bond acceptors (Lipinski definition) is 9. The van der Waals surface area contributed by atoms with E-state index < -0.39 is 29.2 Å². The Morgan fingerprint density at radius 2 is 2.32 bits per heavy atom. The molecular weight excluding hydrogens is 449 g/mol. The minimum absolute atomic E-state index is 0.0166. The van der Waals surface area contributed by atoms with Gasteiger partial charge >= 0.3 is 5.97 Å². The molecular formula is C14H15ClN5O5PS2. The molecule has 0 saturated carbocycles. The van der Waals surface area contributed by atoms with Gasteiger partial charge in [0, 0.05) is 17.0 Å². The maximum Gasteiger partial charge on any atom is 0.352 e. The zero-order chi connectivity index (χ0) is 20.4. The van der Waals surface area contributed by atoms with Gasteiger partial charge in [0.1, 0.15) is 29.9 Å². The van der Waals surface area contributed by atoms with Crippen molar-refractivity contribution in [1.29, 1.82) is 0 Å². The van der Waals surface area contributed by atoms with Crippen LogP contribution in [0.1, 0.15) is 5.69 Å². The van der Waals surface area contributed by atoms with E-state index >= 15 is 0 Å². The van der Waals surface area contributed by atoms with Crippen molar-refractivity contribution in [3.8, 4) is 0 Å². The monoisotopic (exact) mass is 463 g/mol. The number of aliphatic carboxylic acids is 1. The number of β-lactam (4-membered cyclic amide) rings is 1. The molecule has 3 rings (SSSR count). The van der Waals surface area contributed by atoms with E-state index in [0.29, 0.717) is 16.5 Å². The highest BCUT2D eigenvalue weighted by molar-refractivity contribution is 8.00. The summed E-state index contributed by atoms with van der Waals surface area (Å²) in [5.74, 6) is -2.01. The number of halogens is 1. The number of oxime groups is 1. The van der Waals surface area contributed by atoms with Gasteiger partial charge in [0.15, 0.2) is 10.8 Å². The van der Waals surface area contributed by atoms with Crippen LogP contribution >= 0.6 is 44.1 Å². The van der Waals surface area contributed by atoms with Gasteiger partial charge in [-0.1, -0.05) is 5.16 Å². The van der Waals surface area contributed by atoms with Crippen LogP contribution in [0.25, 0.3) is 0 Å². The van der Waals surface area contributed by atoms with Crippen molar-refractivity contribution in [2.45, 2.75) is 11.4 Å². The molecule has 0 spiro atoms. The number of nitrogens with zero attached hydrogens (tertiary/aromatic N) is 3. The van der Waals surface area contributed by atoms with Crippen LogP contribution in [0.2, 0.25) is 0 Å². The Hall–Kier alpha value is -1.88. The van der Waals surface area contributed by atoms with E-state index in [1.807, 2.05) is 0 Å². The molecule has 2 amide bonds. The summed E-state index contributed by atoms with van der Waals surface area (Å²) in [5, 5.41) is 20.1. The van der Waals surface area contributed by atoms with Crippen LogP contribution in [0.5, 0.6) is 0 Å². The fraction of sp³-hybridized carbons (Fsp3) is 0.357. The van der Waals surface area contributed by atoms with Gasteiger partial charge in [0.25, 0.3) is 11.8 Å². The smallest absolute Gasteiger partial charge is 0.352 e. The van der Waals surface area contributed by atoms with E-state index in [2.05, 4.69) is 29.9 Å². The first-order valence-electron chi connectivity index (χ1n) is 7.73. The summed E-state index contributed by atoms with van der Waals surface area (Å²) in [6, 6.07) is -0.885. The molecule has 0 aromatic carbocycles. The SMILES string of the molecule is CO/N=C(\C(=O)N[C@@H]1C(=O)N2C(C(=O)O)=C(CCl)CS[C@H]12)c1csc(NP)n1. The number of thiazole rings is 1. The zero-order valence-corrected chi connectivity index (χ0v) is 17.9. The van der Waals surface area contributed by atoms with E-state index in [4.69, 9.17) is 16.4 Å². The van der Waals surface area contributed by atoms with Crippen LogP contribution in [0, 0.1) is 0 Å². The number of thioether (sulfide) groups is 1. The molecule has 2 aliphatic rings. The quantitative estimate of drug-likeness (QED) is 0.177. The van der Waals surface area contributed by atoms with Gasteiger partial charge in [-0.25, -0.2) is 9.78 Å². The van der Waals surface area contributed by atoms with Crippen LogP contribution < -0.4 is 10.4 Å². The number of fused-ring (bicyclic) bond motifs is 1. The molecule has 150 valence electrons. The number of hydrogen-bond donors (Lipinski definition) is 3. The average molecular weight is 464 g/mol. The number of carbonyl (C=O) groups excluding carboxylic acids is 2. The lowest BCUT2D eigenvalue weighted by Crippen LogP contribution is -2.71. The van der Waals surface area contributed by atoms with E-state index in [0.717, 1.165) is 4.90 Å². The van der Waals surface area contributed by atoms with Crippen molar-refractivity contribution in [3.05, 3.63) is 22.3 Å². The summed E-state index contributed by atoms with van der Waals surface area (Å²) < 4.78 is 0. The van der Waals surface area contributed by atoms with Crippen molar-refractivity contribution in [2.24, 2.45) is 5.16 Å². The molecule has 1 fully saturated rings. The van der Waals surface area contributed by atoms with Crippen molar-refractivity contribution in [1.82, 2.24) is 15.2 Å². The molecule has 1 aromatic rings. The van der Waals surface area contributed by atoms with E-state index in [1.54, 1.807) is 5.38 Å². The minimum Gasteiger partial charge on any atom is -0.477 e. The van der Waals surface area contributed by atoms with Crippen molar-refractivity contribution >= 4 is 72.7 Å². The van der Waals surface area contributed by atoms with Crippen LogP contribution in [0.3, 0.4) is 0 Å². The van der Waals surface area contributed by atoms with Gasteiger partial charge in [-0.3, -0.25) is 14.5 Å². The second-order valence-corrected chi connectivity index (χ2v) is 8.08. The Balaban J connectivity index is 1.78. The van der Waals surface area contributed by atoms with Gasteiger partial charge in [-0.2, -0.15) is 0 Å². The first kappa shape index (κ1) is 20.8. The van der Waals surface area contributed by atoms with Gasteiger partial charge in [0.05, 0.1) is 0 Å². The number of nitrogens with one attached hydrogen (secondary N) is 2. The fourth-order valence-corrected chi connectivity index (χ4v) is 5.29. The fourth-order valence-electron chi connectivity index (χ4n) is 2.74. The Kier molecular flexibility index (Phi) is 6.43. The molecule has 0 radical (unpaired) electrons. The van der Waals surface area contributed by atoms with Crippen LogP contribution in [-0.4, -0.2) is 68.6 Å². The highest BCUT2D eigenvalue weighted by Gasteiger charge is 2.54. The molecule has 10 nitrogen and oxygen atoms in total. The van der Waals surface area contributed by atoms with E-state index in [-0.39, 0.29) is 23.0 Å².